The molecule has 1 fully saturated rings. The number of carbonyl (C=O) groups is 1. The molecule has 1 amide bonds. The van der Waals surface area contributed by atoms with Crippen molar-refractivity contribution >= 4 is 25.8 Å². The van der Waals surface area contributed by atoms with Crippen molar-refractivity contribution in [3.05, 3.63) is 35.5 Å². The van der Waals surface area contributed by atoms with E-state index in [1.54, 1.807) is 32.9 Å². The molecule has 10 nitrogen and oxygen atoms in total. The van der Waals surface area contributed by atoms with Gasteiger partial charge in [-0.3, -0.25) is 9.48 Å². The van der Waals surface area contributed by atoms with Gasteiger partial charge in [-0.05, 0) is 39.3 Å². The van der Waals surface area contributed by atoms with Crippen molar-refractivity contribution in [2.75, 3.05) is 18.6 Å². The second kappa shape index (κ2) is 8.16. The van der Waals surface area contributed by atoms with Gasteiger partial charge in [0.1, 0.15) is 16.7 Å². The van der Waals surface area contributed by atoms with Gasteiger partial charge in [0.05, 0.1) is 35.7 Å². The minimum absolute atomic E-state index is 0.0413. The van der Waals surface area contributed by atoms with Gasteiger partial charge >= 0.3 is 0 Å². The summed E-state index contributed by atoms with van der Waals surface area (Å²) in [7, 11) is -5.55. The van der Waals surface area contributed by atoms with Crippen molar-refractivity contribution in [2.45, 2.75) is 50.7 Å². The Balaban J connectivity index is 1.81. The van der Waals surface area contributed by atoms with E-state index in [0.717, 1.165) is 0 Å². The van der Waals surface area contributed by atoms with E-state index >= 15 is 0 Å². The molecule has 0 spiro atoms. The van der Waals surface area contributed by atoms with Gasteiger partial charge in [-0.25, -0.2) is 16.8 Å². The summed E-state index contributed by atoms with van der Waals surface area (Å²) in [6, 6.07) is 2.13. The van der Waals surface area contributed by atoms with E-state index in [-0.39, 0.29) is 28.6 Å². The predicted molar refractivity (Wildman–Crippen MR) is 109 cm³/mol. The third-order valence-electron chi connectivity index (χ3n) is 5.21. The maximum Gasteiger partial charge on any atom is 0.246 e. The Morgan fingerprint density at radius 1 is 1.43 bits per heavy atom. The average Bonchev–Trinajstić information content (AvgIpc) is 3.34. The number of amides is 1. The summed E-state index contributed by atoms with van der Waals surface area (Å²) < 4.78 is 57.2. The molecule has 0 bridgehead atoms. The second-order valence-corrected chi connectivity index (χ2v) is 11.8. The average molecular weight is 459 g/mol. The van der Waals surface area contributed by atoms with Crippen LogP contribution in [0.25, 0.3) is 0 Å². The Bertz CT molecular complexity index is 1140. The maximum absolute atomic E-state index is 13.1. The molecule has 3 rings (SSSR count). The summed E-state index contributed by atoms with van der Waals surface area (Å²) in [5.41, 5.74) is 0.613. The van der Waals surface area contributed by atoms with Crippen molar-refractivity contribution in [1.29, 1.82) is 0 Å². The van der Waals surface area contributed by atoms with Gasteiger partial charge < -0.3 is 9.73 Å². The number of furan rings is 1. The molecule has 2 atom stereocenters. The molecular weight excluding hydrogens is 432 g/mol. The first-order valence-electron chi connectivity index (χ1n) is 9.47. The number of hydrogen-bond donors (Lipinski definition) is 1. The molecule has 30 heavy (non-hydrogen) atoms. The van der Waals surface area contributed by atoms with Crippen LogP contribution in [0.2, 0.25) is 0 Å². The van der Waals surface area contributed by atoms with Crippen molar-refractivity contribution < 1.29 is 26.0 Å². The quantitative estimate of drug-likeness (QED) is 0.648. The van der Waals surface area contributed by atoms with Gasteiger partial charge in [-0.2, -0.15) is 9.40 Å². The van der Waals surface area contributed by atoms with Crippen LogP contribution in [-0.2, 0) is 31.2 Å². The van der Waals surface area contributed by atoms with Crippen LogP contribution in [0.3, 0.4) is 0 Å². The van der Waals surface area contributed by atoms with E-state index < -0.39 is 37.9 Å². The maximum atomic E-state index is 13.1. The van der Waals surface area contributed by atoms with Crippen LogP contribution >= 0.6 is 0 Å². The van der Waals surface area contributed by atoms with Crippen LogP contribution in [0.4, 0.5) is 0 Å². The predicted octanol–water partition coefficient (Wildman–Crippen LogP) is 0.778. The Labute approximate surface area is 176 Å². The summed E-state index contributed by atoms with van der Waals surface area (Å²) in [6.45, 7) is 4.83. The molecule has 0 saturated carbocycles. The number of hydrogen-bond acceptors (Lipinski definition) is 7. The fourth-order valence-corrected chi connectivity index (χ4v) is 6.77. The van der Waals surface area contributed by atoms with E-state index in [2.05, 4.69) is 10.4 Å². The molecule has 12 heteroatoms. The van der Waals surface area contributed by atoms with Crippen molar-refractivity contribution in [3.63, 3.8) is 0 Å². The number of carbonyl (C=O) groups excluding carboxylic acids is 1. The molecule has 1 saturated heterocycles. The van der Waals surface area contributed by atoms with E-state index in [4.69, 9.17) is 4.42 Å². The standard InChI is InChI=1S/C18H26N4O6S2/c1-12-17(30(26,27)21(4)10-16-6-5-8-28-16)13(2)22(20-12)14(3)18(23)19-15-7-9-29(24,25)11-15/h5-6,8,14-15H,7,9-11H2,1-4H3,(H,19,23)/t14-,15-/m0/s1. The lowest BCUT2D eigenvalue weighted by atomic mass is 10.2. The highest BCUT2D eigenvalue weighted by molar-refractivity contribution is 7.91. The highest BCUT2D eigenvalue weighted by Gasteiger charge is 2.33. The molecule has 1 aliphatic rings. The molecule has 1 aliphatic heterocycles. The SMILES string of the molecule is Cc1nn([C@@H](C)C(=O)N[C@H]2CCS(=O)(=O)C2)c(C)c1S(=O)(=O)N(C)Cc1ccco1. The molecule has 2 aromatic rings. The van der Waals surface area contributed by atoms with Crippen LogP contribution in [0.15, 0.2) is 27.7 Å². The third-order valence-corrected chi connectivity index (χ3v) is 9.03. The number of rotatable bonds is 7. The summed E-state index contributed by atoms with van der Waals surface area (Å²) in [5, 5.41) is 7.02. The minimum atomic E-state index is -3.87. The highest BCUT2D eigenvalue weighted by Crippen LogP contribution is 2.26. The monoisotopic (exact) mass is 458 g/mol. The summed E-state index contributed by atoms with van der Waals surface area (Å²) in [5.74, 6) is 0.0646. The first kappa shape index (κ1) is 22.5. The molecule has 1 N–H and O–H groups in total. The number of sulfone groups is 1. The van der Waals surface area contributed by atoms with Crippen molar-refractivity contribution in [2.24, 2.45) is 0 Å². The van der Waals surface area contributed by atoms with E-state index in [1.807, 2.05) is 0 Å². The lowest BCUT2D eigenvalue weighted by molar-refractivity contribution is -0.124. The molecule has 166 valence electrons. The second-order valence-electron chi connectivity index (χ2n) is 7.57. The summed E-state index contributed by atoms with van der Waals surface area (Å²) >= 11 is 0. The molecular formula is C18H26N4O6S2. The van der Waals surface area contributed by atoms with Crippen LogP contribution in [-0.4, -0.2) is 61.4 Å². The van der Waals surface area contributed by atoms with E-state index in [1.165, 1.54) is 22.3 Å². The lowest BCUT2D eigenvalue weighted by Gasteiger charge is -2.19. The van der Waals surface area contributed by atoms with E-state index in [9.17, 15) is 21.6 Å². The summed E-state index contributed by atoms with van der Waals surface area (Å²) in [6.07, 6.45) is 1.84. The number of aryl methyl sites for hydroxylation is 1. The Morgan fingerprint density at radius 3 is 2.70 bits per heavy atom. The van der Waals surface area contributed by atoms with E-state index in [0.29, 0.717) is 17.9 Å². The largest absolute Gasteiger partial charge is 0.468 e. The van der Waals surface area contributed by atoms with Gasteiger partial charge in [0.15, 0.2) is 9.84 Å². The van der Waals surface area contributed by atoms with Gasteiger partial charge in [0.25, 0.3) is 0 Å². The fraction of sp³-hybridized carbons (Fsp3) is 0.556. The Kier molecular flexibility index (Phi) is 6.12. The topological polar surface area (TPSA) is 132 Å². The molecule has 0 radical (unpaired) electrons. The van der Waals surface area contributed by atoms with Crippen molar-refractivity contribution in [1.82, 2.24) is 19.4 Å². The molecule has 0 aliphatic carbocycles. The fourth-order valence-electron chi connectivity index (χ4n) is 3.60. The Hall–Kier alpha value is -2.18. The smallest absolute Gasteiger partial charge is 0.246 e. The van der Waals surface area contributed by atoms with Crippen LogP contribution < -0.4 is 5.32 Å². The van der Waals surface area contributed by atoms with Gasteiger partial charge in [-0.1, -0.05) is 0 Å². The van der Waals surface area contributed by atoms with Crippen molar-refractivity contribution in [3.8, 4) is 0 Å². The molecule has 2 aromatic heterocycles. The first-order chi connectivity index (χ1) is 13.9. The number of sulfonamides is 1. The van der Waals surface area contributed by atoms with Gasteiger partial charge in [-0.15, -0.1) is 0 Å². The zero-order valence-electron chi connectivity index (χ0n) is 17.3. The zero-order chi connectivity index (χ0) is 22.3. The lowest BCUT2D eigenvalue weighted by Crippen LogP contribution is -2.40. The number of nitrogens with one attached hydrogen (secondary N) is 1. The first-order valence-corrected chi connectivity index (χ1v) is 12.7. The van der Waals surface area contributed by atoms with Crippen LogP contribution in [0, 0.1) is 13.8 Å². The third kappa shape index (κ3) is 4.44. The Morgan fingerprint density at radius 2 is 2.13 bits per heavy atom. The molecule has 0 aromatic carbocycles. The van der Waals surface area contributed by atoms with Gasteiger partial charge in [0.2, 0.25) is 15.9 Å². The minimum Gasteiger partial charge on any atom is -0.468 e. The van der Waals surface area contributed by atoms with Gasteiger partial charge in [0, 0.05) is 13.1 Å². The summed E-state index contributed by atoms with van der Waals surface area (Å²) in [4.78, 5) is 12.7. The molecule has 0 unspecified atom stereocenters. The van der Waals surface area contributed by atoms with Crippen LogP contribution in [0.5, 0.6) is 0 Å². The highest BCUT2D eigenvalue weighted by atomic mass is 32.2. The normalized spacial score (nSPS) is 19.8. The number of nitrogens with zero attached hydrogens (tertiary/aromatic N) is 3. The molecule has 3 heterocycles. The zero-order valence-corrected chi connectivity index (χ0v) is 19.0. The van der Waals surface area contributed by atoms with Crippen LogP contribution in [0.1, 0.15) is 36.5 Å². The number of aromatic nitrogens is 2.